The van der Waals surface area contributed by atoms with Gasteiger partial charge >= 0.3 is 23.9 Å². The lowest BCUT2D eigenvalue weighted by atomic mass is 9.99. The summed E-state index contributed by atoms with van der Waals surface area (Å²) in [6, 6.07) is 5.98. The van der Waals surface area contributed by atoms with Crippen molar-refractivity contribution in [2.75, 3.05) is 7.11 Å². The predicted molar refractivity (Wildman–Crippen MR) is 99.4 cm³/mol. The fourth-order valence-electron chi connectivity index (χ4n) is 2.99. The van der Waals surface area contributed by atoms with Gasteiger partial charge in [-0.3, -0.25) is 14.4 Å². The van der Waals surface area contributed by atoms with E-state index in [9.17, 15) is 19.2 Å². The molecule has 1 aromatic rings. The van der Waals surface area contributed by atoms with E-state index < -0.39 is 54.6 Å². The highest BCUT2D eigenvalue weighted by Gasteiger charge is 2.51. The third-order valence-corrected chi connectivity index (χ3v) is 4.16. The van der Waals surface area contributed by atoms with Crippen LogP contribution in [0, 0.1) is 0 Å². The maximum Gasteiger partial charge on any atom is 0.337 e. The van der Waals surface area contributed by atoms with Crippen molar-refractivity contribution in [2.45, 2.75) is 58.4 Å². The Kier molecular flexibility index (Phi) is 7.76. The minimum Gasteiger partial charge on any atom is -0.465 e. The van der Waals surface area contributed by atoms with Crippen LogP contribution in [0.5, 0.6) is 5.75 Å². The van der Waals surface area contributed by atoms with Gasteiger partial charge in [-0.25, -0.2) is 4.79 Å². The van der Waals surface area contributed by atoms with E-state index in [1.54, 1.807) is 6.92 Å². The van der Waals surface area contributed by atoms with Crippen LogP contribution in [0.15, 0.2) is 24.3 Å². The Bertz CT molecular complexity index is 787. The summed E-state index contributed by atoms with van der Waals surface area (Å²) in [5.74, 6) is -2.17. The number of hydrogen-bond acceptors (Lipinski definition) is 10. The Labute approximate surface area is 173 Å². The number of carbonyl (C=O) groups excluding carboxylic acids is 4. The van der Waals surface area contributed by atoms with Crippen molar-refractivity contribution >= 4 is 23.9 Å². The van der Waals surface area contributed by atoms with Crippen molar-refractivity contribution in [3.63, 3.8) is 0 Å². The van der Waals surface area contributed by atoms with Crippen LogP contribution in [0.4, 0.5) is 0 Å². The fraction of sp³-hybridized carbons (Fsp3) is 0.500. The van der Waals surface area contributed by atoms with E-state index in [0.717, 1.165) is 0 Å². The van der Waals surface area contributed by atoms with Gasteiger partial charge in [0.1, 0.15) is 5.75 Å². The number of benzene rings is 1. The highest BCUT2D eigenvalue weighted by Crippen LogP contribution is 2.30. The van der Waals surface area contributed by atoms with Gasteiger partial charge in [0.05, 0.1) is 18.8 Å². The SMILES string of the molecule is COC(=O)c1ccc(O[C@@H]2O[C@@H](C)[C@H](OC(C)=O)[C@@H](OC(C)=O)[C@H]2OC(C)=O)cc1. The number of hydrogen-bond donors (Lipinski definition) is 0. The van der Waals surface area contributed by atoms with Crippen molar-refractivity contribution in [1.29, 1.82) is 0 Å². The van der Waals surface area contributed by atoms with E-state index in [2.05, 4.69) is 4.74 Å². The number of rotatable bonds is 6. The molecule has 0 spiro atoms. The van der Waals surface area contributed by atoms with Crippen LogP contribution < -0.4 is 4.74 Å². The van der Waals surface area contributed by atoms with E-state index >= 15 is 0 Å². The molecule has 0 aliphatic carbocycles. The third kappa shape index (κ3) is 5.93. The molecule has 0 saturated carbocycles. The molecule has 1 aliphatic rings. The van der Waals surface area contributed by atoms with Crippen LogP contribution in [-0.4, -0.2) is 61.7 Å². The number of carbonyl (C=O) groups is 4. The second-order valence-electron chi connectivity index (χ2n) is 6.57. The fourth-order valence-corrected chi connectivity index (χ4v) is 2.99. The molecule has 1 saturated heterocycles. The summed E-state index contributed by atoms with van der Waals surface area (Å²) in [4.78, 5) is 46.4. The highest BCUT2D eigenvalue weighted by atomic mass is 16.7. The zero-order valence-corrected chi connectivity index (χ0v) is 17.3. The standard InChI is InChI=1S/C20H24O10/c1-10-16(27-11(2)21)17(28-12(3)22)18(29-13(4)23)20(26-10)30-15-8-6-14(7-9-15)19(24)25-5/h6-10,16-18,20H,1-5H3/t10-,16-,17+,18+,20-/m0/s1. The van der Waals surface area contributed by atoms with Gasteiger partial charge in [0.2, 0.25) is 12.4 Å². The third-order valence-electron chi connectivity index (χ3n) is 4.16. The first-order valence-corrected chi connectivity index (χ1v) is 9.14. The Morgan fingerprint density at radius 3 is 1.80 bits per heavy atom. The van der Waals surface area contributed by atoms with Crippen molar-refractivity contribution < 1.29 is 47.6 Å². The zero-order chi connectivity index (χ0) is 22.4. The van der Waals surface area contributed by atoms with E-state index in [4.69, 9.17) is 23.7 Å². The van der Waals surface area contributed by atoms with Crippen LogP contribution in [-0.2, 0) is 38.1 Å². The summed E-state index contributed by atoms with van der Waals surface area (Å²) < 4.78 is 32.0. The molecule has 30 heavy (non-hydrogen) atoms. The second-order valence-corrected chi connectivity index (χ2v) is 6.57. The summed E-state index contributed by atoms with van der Waals surface area (Å²) in [7, 11) is 1.27. The predicted octanol–water partition coefficient (Wildman–Crippen LogP) is 1.39. The Morgan fingerprint density at radius 2 is 1.30 bits per heavy atom. The Hall–Kier alpha value is -3.14. The lowest BCUT2D eigenvalue weighted by molar-refractivity contribution is -0.280. The quantitative estimate of drug-likeness (QED) is 0.489. The summed E-state index contributed by atoms with van der Waals surface area (Å²) in [6.07, 6.45) is -5.31. The van der Waals surface area contributed by atoms with E-state index in [-0.39, 0.29) is 0 Å². The molecule has 164 valence electrons. The van der Waals surface area contributed by atoms with Crippen molar-refractivity contribution in [1.82, 2.24) is 0 Å². The molecule has 10 heteroatoms. The van der Waals surface area contributed by atoms with E-state index in [1.165, 1.54) is 52.1 Å². The largest absolute Gasteiger partial charge is 0.465 e. The normalized spacial score (nSPS) is 25.6. The zero-order valence-electron chi connectivity index (χ0n) is 17.3. The molecule has 0 radical (unpaired) electrons. The molecule has 0 amide bonds. The lowest BCUT2D eigenvalue weighted by Gasteiger charge is -2.43. The number of ether oxygens (including phenoxy) is 6. The smallest absolute Gasteiger partial charge is 0.337 e. The Morgan fingerprint density at radius 1 is 0.800 bits per heavy atom. The first-order valence-electron chi connectivity index (χ1n) is 9.14. The molecule has 0 N–H and O–H groups in total. The van der Waals surface area contributed by atoms with Crippen LogP contribution in [0.2, 0.25) is 0 Å². The van der Waals surface area contributed by atoms with Crippen molar-refractivity contribution in [2.24, 2.45) is 0 Å². The lowest BCUT2D eigenvalue weighted by Crippen LogP contribution is -2.62. The number of methoxy groups -OCH3 is 1. The monoisotopic (exact) mass is 424 g/mol. The molecule has 0 unspecified atom stereocenters. The minimum atomic E-state index is -1.22. The first-order chi connectivity index (χ1) is 14.1. The molecular weight excluding hydrogens is 400 g/mol. The molecule has 1 aliphatic heterocycles. The molecule has 5 atom stereocenters. The topological polar surface area (TPSA) is 124 Å². The maximum absolute atomic E-state index is 11.7. The number of esters is 4. The van der Waals surface area contributed by atoms with Crippen LogP contribution >= 0.6 is 0 Å². The molecule has 1 fully saturated rings. The molecule has 0 bridgehead atoms. The van der Waals surface area contributed by atoms with Crippen molar-refractivity contribution in [3.05, 3.63) is 29.8 Å². The summed E-state index contributed by atoms with van der Waals surface area (Å²) in [6.45, 7) is 5.15. The molecule has 0 aromatic heterocycles. The van der Waals surface area contributed by atoms with Gasteiger partial charge in [0.15, 0.2) is 12.2 Å². The van der Waals surface area contributed by atoms with Gasteiger partial charge in [-0.05, 0) is 31.2 Å². The van der Waals surface area contributed by atoms with Gasteiger partial charge < -0.3 is 28.4 Å². The highest BCUT2D eigenvalue weighted by molar-refractivity contribution is 5.89. The van der Waals surface area contributed by atoms with Gasteiger partial charge in [0, 0.05) is 20.8 Å². The summed E-state index contributed by atoms with van der Waals surface area (Å²) in [5.41, 5.74) is 0.312. The molecule has 10 nitrogen and oxygen atoms in total. The average Bonchev–Trinajstić information content (AvgIpc) is 2.66. The molecule has 1 aromatic carbocycles. The first kappa shape index (κ1) is 23.1. The van der Waals surface area contributed by atoms with Crippen LogP contribution in [0.1, 0.15) is 38.1 Å². The molecule has 2 rings (SSSR count). The maximum atomic E-state index is 11.7. The van der Waals surface area contributed by atoms with Gasteiger partial charge in [-0.1, -0.05) is 0 Å². The van der Waals surface area contributed by atoms with Crippen LogP contribution in [0.25, 0.3) is 0 Å². The van der Waals surface area contributed by atoms with Gasteiger partial charge in [-0.15, -0.1) is 0 Å². The average molecular weight is 424 g/mol. The molecule has 1 heterocycles. The van der Waals surface area contributed by atoms with E-state index in [1.807, 2.05) is 0 Å². The van der Waals surface area contributed by atoms with E-state index in [0.29, 0.717) is 11.3 Å². The summed E-state index contributed by atoms with van der Waals surface area (Å²) in [5, 5.41) is 0. The van der Waals surface area contributed by atoms with Crippen molar-refractivity contribution in [3.8, 4) is 5.75 Å². The van der Waals surface area contributed by atoms with Gasteiger partial charge in [-0.2, -0.15) is 0 Å². The Balaban J connectivity index is 2.31. The summed E-state index contributed by atoms with van der Waals surface area (Å²) >= 11 is 0. The van der Waals surface area contributed by atoms with Gasteiger partial charge in [0.25, 0.3) is 0 Å². The minimum absolute atomic E-state index is 0.296. The second kappa shape index (κ2) is 10.1. The van der Waals surface area contributed by atoms with Crippen LogP contribution in [0.3, 0.4) is 0 Å². The molecular formula is C20H24O10.